The fraction of sp³-hybridized carbons (Fsp3) is 0.120. The first-order chi connectivity index (χ1) is 16.3. The molecule has 34 heavy (non-hydrogen) atoms. The van der Waals surface area contributed by atoms with Gasteiger partial charge in [0.25, 0.3) is 0 Å². The first-order valence-electron chi connectivity index (χ1n) is 10.2. The van der Waals surface area contributed by atoms with Gasteiger partial charge in [0.1, 0.15) is 12.4 Å². The normalized spacial score (nSPS) is 14.2. The summed E-state index contributed by atoms with van der Waals surface area (Å²) in [6.45, 7) is 2.32. The Labute approximate surface area is 222 Å². The molecule has 0 spiro atoms. The smallest absolute Gasteiger partial charge is 0.363 e. The van der Waals surface area contributed by atoms with Crippen LogP contribution in [0.5, 0.6) is 11.5 Å². The monoisotopic (exact) mass is 655 g/mol. The van der Waals surface area contributed by atoms with Crippen LogP contribution in [0.2, 0.25) is 5.02 Å². The van der Waals surface area contributed by atoms with Gasteiger partial charge >= 0.3 is 5.97 Å². The van der Waals surface area contributed by atoms with Gasteiger partial charge in [0, 0.05) is 13.6 Å². The average Bonchev–Trinajstić information content (AvgIpc) is 3.15. The second kappa shape index (κ2) is 10.9. The molecule has 1 aliphatic rings. The summed E-state index contributed by atoms with van der Waals surface area (Å²) in [6, 6.07) is 15.0. The van der Waals surface area contributed by atoms with Crippen molar-refractivity contribution in [3.63, 3.8) is 0 Å². The molecular formula is C25H17BrClFINO4. The second-order valence-corrected chi connectivity index (χ2v) is 9.57. The van der Waals surface area contributed by atoms with Crippen LogP contribution >= 0.6 is 50.1 Å². The van der Waals surface area contributed by atoms with Crippen molar-refractivity contribution in [1.29, 1.82) is 0 Å². The molecule has 3 aromatic rings. The number of carbonyl (C=O) groups is 1. The molecule has 0 amide bonds. The number of halogens is 4. The Bertz CT molecular complexity index is 1330. The fourth-order valence-corrected chi connectivity index (χ4v) is 4.16. The molecule has 174 valence electrons. The molecule has 0 unspecified atom stereocenters. The molecule has 0 bridgehead atoms. The number of hydrogen-bond donors (Lipinski definition) is 0. The van der Waals surface area contributed by atoms with Gasteiger partial charge in [0.05, 0.1) is 11.6 Å². The van der Waals surface area contributed by atoms with Gasteiger partial charge in [-0.25, -0.2) is 14.2 Å². The average molecular weight is 657 g/mol. The molecule has 0 aliphatic carbocycles. The van der Waals surface area contributed by atoms with E-state index in [1.54, 1.807) is 30.3 Å². The van der Waals surface area contributed by atoms with Crippen LogP contribution in [0.25, 0.3) is 6.08 Å². The van der Waals surface area contributed by atoms with Gasteiger partial charge in [0.2, 0.25) is 5.90 Å². The van der Waals surface area contributed by atoms with E-state index in [0.29, 0.717) is 34.8 Å². The molecular weight excluding hydrogens is 640 g/mol. The highest BCUT2D eigenvalue weighted by molar-refractivity contribution is 14.1. The standard InChI is InChI=1S/C25H17BrClFINO4/c1-2-32-22-11-15(9-19(27)23(22)33-13-14-4-3-5-17(28)8-14)10-21-25(31)34-24(30-21)16-6-7-20(29)18(26)12-16/h3-12H,2,13H2,1H3/b21-10-. The van der Waals surface area contributed by atoms with Crippen molar-refractivity contribution >= 4 is 68.1 Å². The highest BCUT2D eigenvalue weighted by Gasteiger charge is 2.25. The van der Waals surface area contributed by atoms with Crippen LogP contribution in [0, 0.1) is 9.39 Å². The van der Waals surface area contributed by atoms with E-state index in [1.807, 2.05) is 25.1 Å². The Morgan fingerprint density at radius 3 is 2.74 bits per heavy atom. The van der Waals surface area contributed by atoms with Crippen LogP contribution in [-0.4, -0.2) is 18.5 Å². The first kappa shape index (κ1) is 24.7. The van der Waals surface area contributed by atoms with Gasteiger partial charge in [-0.05, 0) is 105 Å². The summed E-state index contributed by atoms with van der Waals surface area (Å²) >= 11 is 12.1. The van der Waals surface area contributed by atoms with E-state index >= 15 is 0 Å². The largest absolute Gasteiger partial charge is 0.490 e. The van der Waals surface area contributed by atoms with E-state index in [-0.39, 0.29) is 29.0 Å². The van der Waals surface area contributed by atoms with Crippen molar-refractivity contribution in [3.8, 4) is 11.5 Å². The van der Waals surface area contributed by atoms with Crippen LogP contribution in [0.15, 0.2) is 69.8 Å². The number of rotatable bonds is 7. The predicted molar refractivity (Wildman–Crippen MR) is 141 cm³/mol. The topological polar surface area (TPSA) is 57.1 Å². The summed E-state index contributed by atoms with van der Waals surface area (Å²) in [5.74, 6) is 0.0390. The number of hydrogen-bond acceptors (Lipinski definition) is 5. The maximum absolute atomic E-state index is 13.5. The van der Waals surface area contributed by atoms with Gasteiger partial charge in [-0.3, -0.25) is 0 Å². The Morgan fingerprint density at radius 1 is 1.18 bits per heavy atom. The lowest BCUT2D eigenvalue weighted by molar-refractivity contribution is -0.129. The van der Waals surface area contributed by atoms with Gasteiger partial charge in [-0.2, -0.15) is 0 Å². The highest BCUT2D eigenvalue weighted by Crippen LogP contribution is 2.38. The van der Waals surface area contributed by atoms with Crippen molar-refractivity contribution in [3.05, 3.63) is 95.9 Å². The molecule has 4 rings (SSSR count). The van der Waals surface area contributed by atoms with Crippen LogP contribution < -0.4 is 9.47 Å². The maximum Gasteiger partial charge on any atom is 0.363 e. The number of benzene rings is 3. The molecule has 0 aromatic heterocycles. The lowest BCUT2D eigenvalue weighted by atomic mass is 10.1. The predicted octanol–water partition coefficient (Wildman–Crippen LogP) is 7.17. The maximum atomic E-state index is 13.5. The van der Waals surface area contributed by atoms with Gasteiger partial charge < -0.3 is 14.2 Å². The fourth-order valence-electron chi connectivity index (χ4n) is 3.18. The Morgan fingerprint density at radius 2 is 2.00 bits per heavy atom. The molecule has 1 heterocycles. The van der Waals surface area contributed by atoms with Crippen LogP contribution in [0.3, 0.4) is 0 Å². The van der Waals surface area contributed by atoms with Crippen LogP contribution in [0.4, 0.5) is 4.39 Å². The molecule has 3 aromatic carbocycles. The molecule has 5 nitrogen and oxygen atoms in total. The van der Waals surface area contributed by atoms with Crippen molar-refractivity contribution in [1.82, 2.24) is 0 Å². The van der Waals surface area contributed by atoms with E-state index in [1.165, 1.54) is 12.1 Å². The van der Waals surface area contributed by atoms with E-state index in [4.69, 9.17) is 25.8 Å². The summed E-state index contributed by atoms with van der Waals surface area (Å²) in [4.78, 5) is 16.8. The molecule has 0 saturated carbocycles. The van der Waals surface area contributed by atoms with Crippen molar-refractivity contribution in [2.75, 3.05) is 6.61 Å². The molecule has 9 heteroatoms. The van der Waals surface area contributed by atoms with E-state index < -0.39 is 5.97 Å². The number of cyclic esters (lactones) is 1. The van der Waals surface area contributed by atoms with E-state index in [9.17, 15) is 9.18 Å². The number of ether oxygens (including phenoxy) is 3. The third-order valence-corrected chi connectivity index (χ3v) is 7.31. The summed E-state index contributed by atoms with van der Waals surface area (Å²) in [5, 5.41) is 0.284. The van der Waals surface area contributed by atoms with Gasteiger partial charge in [0.15, 0.2) is 17.2 Å². The number of aliphatic imine (C=N–C) groups is 1. The summed E-state index contributed by atoms with van der Waals surface area (Å²) in [5.41, 5.74) is 2.06. The Hall–Kier alpha value is -2.43. The van der Waals surface area contributed by atoms with Crippen molar-refractivity contribution < 1.29 is 23.4 Å². The Balaban J connectivity index is 1.61. The Kier molecular flexibility index (Phi) is 7.90. The zero-order valence-corrected chi connectivity index (χ0v) is 22.3. The molecule has 0 fully saturated rings. The minimum absolute atomic E-state index is 0.115. The minimum atomic E-state index is -0.565. The molecule has 0 saturated heterocycles. The zero-order valence-electron chi connectivity index (χ0n) is 17.8. The lowest BCUT2D eigenvalue weighted by Gasteiger charge is -2.14. The number of nitrogens with zero attached hydrogens (tertiary/aromatic N) is 1. The van der Waals surface area contributed by atoms with Crippen molar-refractivity contribution in [2.24, 2.45) is 4.99 Å². The highest BCUT2D eigenvalue weighted by atomic mass is 127. The molecule has 0 atom stereocenters. The lowest BCUT2D eigenvalue weighted by Crippen LogP contribution is -2.05. The van der Waals surface area contributed by atoms with Crippen LogP contribution in [-0.2, 0) is 16.1 Å². The third kappa shape index (κ3) is 5.79. The second-order valence-electron chi connectivity index (χ2n) is 7.15. The quantitative estimate of drug-likeness (QED) is 0.154. The summed E-state index contributed by atoms with van der Waals surface area (Å²) in [7, 11) is 0. The third-order valence-electron chi connectivity index (χ3n) is 4.69. The number of carbonyl (C=O) groups excluding carboxylic acids is 1. The van der Waals surface area contributed by atoms with E-state index in [0.717, 1.165) is 8.04 Å². The van der Waals surface area contributed by atoms with E-state index in [2.05, 4.69) is 43.5 Å². The minimum Gasteiger partial charge on any atom is -0.490 e. The zero-order chi connectivity index (χ0) is 24.2. The molecule has 1 aliphatic heterocycles. The SMILES string of the molecule is CCOc1cc(/C=C2\N=C(c3ccc(I)c(Br)c3)OC2=O)cc(Cl)c1OCc1cccc(F)c1. The summed E-state index contributed by atoms with van der Waals surface area (Å²) in [6.07, 6.45) is 1.57. The number of esters is 1. The van der Waals surface area contributed by atoms with Crippen molar-refractivity contribution in [2.45, 2.75) is 13.5 Å². The molecule has 0 radical (unpaired) electrons. The summed E-state index contributed by atoms with van der Waals surface area (Å²) < 4.78 is 32.3. The van der Waals surface area contributed by atoms with Gasteiger partial charge in [-0.15, -0.1) is 0 Å². The molecule has 0 N–H and O–H groups in total. The van der Waals surface area contributed by atoms with Crippen LogP contribution in [0.1, 0.15) is 23.6 Å². The first-order valence-corrected chi connectivity index (χ1v) is 12.4. The van der Waals surface area contributed by atoms with Gasteiger partial charge in [-0.1, -0.05) is 23.7 Å².